The Morgan fingerprint density at radius 2 is 1.63 bits per heavy atom. The number of fused-ring (bicyclic) bond motifs is 1. The van der Waals surface area contributed by atoms with Crippen molar-refractivity contribution in [3.63, 3.8) is 0 Å². The van der Waals surface area contributed by atoms with Crippen molar-refractivity contribution in [3.8, 4) is 0 Å². The van der Waals surface area contributed by atoms with Crippen LogP contribution in [0, 0.1) is 0 Å². The zero-order chi connectivity index (χ0) is 24.2. The molecule has 0 radical (unpaired) electrons. The van der Waals surface area contributed by atoms with Gasteiger partial charge in [-0.25, -0.2) is 4.79 Å². The molecule has 1 N–H and O–H groups in total. The number of piperazine rings is 1. The number of aryl methyl sites for hydroxylation is 3. The highest BCUT2D eigenvalue weighted by molar-refractivity contribution is 5.74. The maximum absolute atomic E-state index is 12.8. The van der Waals surface area contributed by atoms with Gasteiger partial charge in [-0.05, 0) is 17.5 Å². The summed E-state index contributed by atoms with van der Waals surface area (Å²) in [6.45, 7) is 4.91. The standard InChI is InChI=1S/C27H30N6O2/c1-30-24-23(25(34)29-27(30)35)33(16-14-22-11-6-3-7-12-22)26(28-24)32-19-17-31(18-20-32)15-8-13-21-9-4-2-5-10-21/h2-13H,14-20H2,1H3,(H,29,34,35)/b13-8-. The fourth-order valence-electron chi connectivity index (χ4n) is 4.59. The summed E-state index contributed by atoms with van der Waals surface area (Å²) in [5.74, 6) is 0.752. The van der Waals surface area contributed by atoms with Gasteiger partial charge in [-0.1, -0.05) is 72.8 Å². The van der Waals surface area contributed by atoms with Crippen molar-refractivity contribution in [3.05, 3.63) is 98.7 Å². The van der Waals surface area contributed by atoms with Crippen LogP contribution < -0.4 is 16.1 Å². The van der Waals surface area contributed by atoms with E-state index in [1.54, 1.807) is 7.05 Å². The summed E-state index contributed by atoms with van der Waals surface area (Å²) < 4.78 is 3.40. The van der Waals surface area contributed by atoms with Gasteiger partial charge in [-0.15, -0.1) is 0 Å². The third kappa shape index (κ3) is 4.97. The molecule has 0 saturated carbocycles. The van der Waals surface area contributed by atoms with Crippen LogP contribution in [0.5, 0.6) is 0 Å². The summed E-state index contributed by atoms with van der Waals surface area (Å²) in [6.07, 6.45) is 5.13. The molecule has 1 aliphatic rings. The van der Waals surface area contributed by atoms with Crippen LogP contribution in [0.4, 0.5) is 5.95 Å². The molecule has 0 spiro atoms. The lowest BCUT2D eigenvalue weighted by atomic mass is 10.1. The SMILES string of the molecule is Cn1c(=O)[nH]c(=O)c2c1nc(N1CCN(C/C=C\c3ccccc3)CC1)n2CCc1ccccc1. The van der Waals surface area contributed by atoms with Crippen molar-refractivity contribution in [2.24, 2.45) is 7.05 Å². The Balaban J connectivity index is 1.36. The number of nitrogens with zero attached hydrogens (tertiary/aromatic N) is 5. The summed E-state index contributed by atoms with van der Waals surface area (Å²) in [5.41, 5.74) is 2.43. The molecule has 2 aromatic heterocycles. The van der Waals surface area contributed by atoms with Gasteiger partial charge < -0.3 is 9.47 Å². The lowest BCUT2D eigenvalue weighted by Crippen LogP contribution is -2.47. The normalized spacial score (nSPS) is 14.8. The molecule has 180 valence electrons. The second-order valence-corrected chi connectivity index (χ2v) is 8.89. The van der Waals surface area contributed by atoms with E-state index in [1.165, 1.54) is 15.7 Å². The largest absolute Gasteiger partial charge is 0.340 e. The van der Waals surface area contributed by atoms with Crippen molar-refractivity contribution >= 4 is 23.2 Å². The maximum atomic E-state index is 12.8. The zero-order valence-corrected chi connectivity index (χ0v) is 19.9. The minimum Gasteiger partial charge on any atom is -0.340 e. The predicted octanol–water partition coefficient (Wildman–Crippen LogP) is 2.50. The number of imidazole rings is 1. The van der Waals surface area contributed by atoms with Crippen molar-refractivity contribution in [2.75, 3.05) is 37.6 Å². The molecule has 8 nitrogen and oxygen atoms in total. The van der Waals surface area contributed by atoms with Crippen LogP contribution in [-0.4, -0.2) is 56.7 Å². The predicted molar refractivity (Wildman–Crippen MR) is 140 cm³/mol. The Bertz CT molecular complexity index is 1430. The highest BCUT2D eigenvalue weighted by Crippen LogP contribution is 2.22. The molecular weight excluding hydrogens is 440 g/mol. The average molecular weight is 471 g/mol. The highest BCUT2D eigenvalue weighted by atomic mass is 16.2. The second-order valence-electron chi connectivity index (χ2n) is 8.89. The summed E-state index contributed by atoms with van der Waals surface area (Å²) in [6, 6.07) is 20.5. The number of rotatable bonds is 7. The molecule has 0 unspecified atom stereocenters. The number of hydrogen-bond donors (Lipinski definition) is 1. The van der Waals surface area contributed by atoms with E-state index in [-0.39, 0.29) is 5.56 Å². The van der Waals surface area contributed by atoms with E-state index in [0.717, 1.165) is 45.1 Å². The molecule has 3 heterocycles. The van der Waals surface area contributed by atoms with Gasteiger partial charge in [0.25, 0.3) is 5.56 Å². The Hall–Kier alpha value is -3.91. The molecule has 0 atom stereocenters. The van der Waals surface area contributed by atoms with E-state index >= 15 is 0 Å². The molecule has 0 aliphatic carbocycles. The van der Waals surface area contributed by atoms with Crippen molar-refractivity contribution < 1.29 is 0 Å². The molecule has 1 saturated heterocycles. The minimum absolute atomic E-state index is 0.389. The van der Waals surface area contributed by atoms with Crippen LogP contribution in [0.25, 0.3) is 17.2 Å². The van der Waals surface area contributed by atoms with Gasteiger partial charge in [0.15, 0.2) is 11.2 Å². The molecule has 0 amide bonds. The Morgan fingerprint density at radius 3 is 2.34 bits per heavy atom. The van der Waals surface area contributed by atoms with Crippen LogP contribution in [0.1, 0.15) is 11.1 Å². The lowest BCUT2D eigenvalue weighted by Gasteiger charge is -2.35. The quantitative estimate of drug-likeness (QED) is 0.449. The smallest absolute Gasteiger partial charge is 0.329 e. The van der Waals surface area contributed by atoms with Crippen LogP contribution in [0.3, 0.4) is 0 Å². The van der Waals surface area contributed by atoms with Crippen LogP contribution in [0.15, 0.2) is 76.3 Å². The third-order valence-corrected chi connectivity index (χ3v) is 6.58. The van der Waals surface area contributed by atoms with E-state index in [9.17, 15) is 9.59 Å². The first-order chi connectivity index (χ1) is 17.1. The highest BCUT2D eigenvalue weighted by Gasteiger charge is 2.24. The van der Waals surface area contributed by atoms with Gasteiger partial charge in [0.1, 0.15) is 0 Å². The van der Waals surface area contributed by atoms with E-state index in [2.05, 4.69) is 51.2 Å². The minimum atomic E-state index is -0.447. The molecule has 2 aromatic carbocycles. The van der Waals surface area contributed by atoms with Crippen LogP contribution in [0.2, 0.25) is 0 Å². The lowest BCUT2D eigenvalue weighted by molar-refractivity contribution is 0.282. The summed E-state index contributed by atoms with van der Waals surface area (Å²) in [5, 5.41) is 0. The zero-order valence-electron chi connectivity index (χ0n) is 19.9. The second kappa shape index (κ2) is 10.1. The molecular formula is C27H30N6O2. The summed E-state index contributed by atoms with van der Waals surface area (Å²) in [7, 11) is 1.65. The Kier molecular flexibility index (Phi) is 6.63. The fraction of sp³-hybridized carbons (Fsp3) is 0.296. The summed E-state index contributed by atoms with van der Waals surface area (Å²) >= 11 is 0. The van der Waals surface area contributed by atoms with Gasteiger partial charge in [0, 0.05) is 46.3 Å². The van der Waals surface area contributed by atoms with Gasteiger partial charge in [0.05, 0.1) is 0 Å². The van der Waals surface area contributed by atoms with Gasteiger partial charge in [-0.2, -0.15) is 4.98 Å². The van der Waals surface area contributed by atoms with Crippen molar-refractivity contribution in [2.45, 2.75) is 13.0 Å². The molecule has 8 heteroatoms. The number of hydrogen-bond acceptors (Lipinski definition) is 5. The number of H-pyrrole nitrogens is 1. The van der Waals surface area contributed by atoms with E-state index in [1.807, 2.05) is 41.0 Å². The van der Waals surface area contributed by atoms with E-state index < -0.39 is 5.69 Å². The van der Waals surface area contributed by atoms with Gasteiger partial charge in [0.2, 0.25) is 5.95 Å². The Morgan fingerprint density at radius 1 is 0.943 bits per heavy atom. The fourth-order valence-corrected chi connectivity index (χ4v) is 4.59. The number of benzene rings is 2. The van der Waals surface area contributed by atoms with Crippen LogP contribution >= 0.6 is 0 Å². The first-order valence-corrected chi connectivity index (χ1v) is 12.0. The third-order valence-electron chi connectivity index (χ3n) is 6.58. The maximum Gasteiger partial charge on any atom is 0.329 e. The van der Waals surface area contributed by atoms with Gasteiger partial charge >= 0.3 is 5.69 Å². The van der Waals surface area contributed by atoms with Crippen molar-refractivity contribution in [1.82, 2.24) is 24.0 Å². The van der Waals surface area contributed by atoms with E-state index in [0.29, 0.717) is 17.7 Å². The first kappa shape index (κ1) is 22.9. The Labute approximate surface area is 203 Å². The number of nitrogens with one attached hydrogen (secondary N) is 1. The number of anilines is 1. The molecule has 1 fully saturated rings. The molecule has 1 aliphatic heterocycles. The first-order valence-electron chi connectivity index (χ1n) is 12.0. The molecule has 5 rings (SSSR count). The average Bonchev–Trinajstić information content (AvgIpc) is 3.28. The van der Waals surface area contributed by atoms with Crippen molar-refractivity contribution in [1.29, 1.82) is 0 Å². The topological polar surface area (TPSA) is 79.2 Å². The van der Waals surface area contributed by atoms with E-state index in [4.69, 9.17) is 4.98 Å². The molecule has 0 bridgehead atoms. The molecule has 4 aromatic rings. The number of aromatic nitrogens is 4. The molecule has 35 heavy (non-hydrogen) atoms. The van der Waals surface area contributed by atoms with Crippen LogP contribution in [-0.2, 0) is 20.0 Å². The summed E-state index contributed by atoms with van der Waals surface area (Å²) in [4.78, 5) is 36.9. The monoisotopic (exact) mass is 470 g/mol. The van der Waals surface area contributed by atoms with Gasteiger partial charge in [-0.3, -0.25) is 19.2 Å². The number of aromatic amines is 1.